The van der Waals surface area contributed by atoms with E-state index in [-0.39, 0.29) is 11.9 Å². The Bertz CT molecular complexity index is 615. The van der Waals surface area contributed by atoms with Crippen molar-refractivity contribution in [3.05, 3.63) is 5.69 Å². The van der Waals surface area contributed by atoms with Gasteiger partial charge in [0.2, 0.25) is 0 Å². The minimum Gasteiger partial charge on any atom is -0.503 e. The molecule has 1 aromatic heterocycles. The standard InChI is InChI=1S/C25H43N3O2/c1-2-3-4-5-6-7-8-9-10-11-12-13-18-22-23(29)24(28-19-15-20-28)27-25(26-22)30-21-16-14-17-21/h21,29H,2-20H2,1H3. The predicted octanol–water partition coefficient (Wildman–Crippen LogP) is 6.57. The lowest BCUT2D eigenvalue weighted by atomic mass is 9.96. The van der Waals surface area contributed by atoms with Gasteiger partial charge in [0.25, 0.3) is 0 Å². The van der Waals surface area contributed by atoms with Crippen LogP contribution < -0.4 is 9.64 Å². The van der Waals surface area contributed by atoms with Crippen molar-refractivity contribution in [3.8, 4) is 11.8 Å². The van der Waals surface area contributed by atoms with E-state index in [1.807, 2.05) is 0 Å². The van der Waals surface area contributed by atoms with E-state index < -0.39 is 0 Å². The second kappa shape index (κ2) is 13.0. The number of ether oxygens (including phenoxy) is 1. The number of rotatable bonds is 16. The third-order valence-corrected chi connectivity index (χ3v) is 6.66. The highest BCUT2D eigenvalue weighted by Crippen LogP contribution is 2.34. The monoisotopic (exact) mass is 417 g/mol. The summed E-state index contributed by atoms with van der Waals surface area (Å²) in [5.74, 6) is 0.957. The first-order valence-corrected chi connectivity index (χ1v) is 12.8. The molecule has 3 rings (SSSR count). The molecule has 5 heteroatoms. The first-order chi connectivity index (χ1) is 14.8. The molecule has 1 saturated carbocycles. The van der Waals surface area contributed by atoms with Crippen LogP contribution >= 0.6 is 0 Å². The normalized spacial score (nSPS) is 16.4. The van der Waals surface area contributed by atoms with Gasteiger partial charge in [0.05, 0.1) is 5.69 Å². The van der Waals surface area contributed by atoms with Gasteiger partial charge in [-0.2, -0.15) is 9.97 Å². The molecule has 170 valence electrons. The van der Waals surface area contributed by atoms with Gasteiger partial charge in [0, 0.05) is 13.1 Å². The second-order valence-electron chi connectivity index (χ2n) is 9.28. The van der Waals surface area contributed by atoms with Gasteiger partial charge in [-0.05, 0) is 38.5 Å². The number of hydrogen-bond acceptors (Lipinski definition) is 5. The van der Waals surface area contributed by atoms with E-state index in [0.29, 0.717) is 11.8 Å². The Balaban J connectivity index is 1.34. The molecule has 0 atom stereocenters. The van der Waals surface area contributed by atoms with Crippen LogP contribution in [0.25, 0.3) is 0 Å². The Morgan fingerprint density at radius 1 is 0.833 bits per heavy atom. The molecule has 0 spiro atoms. The molecule has 0 amide bonds. The maximum absolute atomic E-state index is 10.7. The molecule has 2 aliphatic rings. The van der Waals surface area contributed by atoms with Crippen LogP contribution in [0.1, 0.15) is 115 Å². The summed E-state index contributed by atoms with van der Waals surface area (Å²) in [6.07, 6.45) is 21.7. The number of aromatic hydroxyl groups is 1. The Kier molecular flexibility index (Phi) is 10.0. The van der Waals surface area contributed by atoms with Crippen molar-refractivity contribution in [1.82, 2.24) is 9.97 Å². The van der Waals surface area contributed by atoms with E-state index in [9.17, 15) is 5.11 Å². The minimum atomic E-state index is 0.262. The molecular formula is C25H43N3O2. The quantitative estimate of drug-likeness (QED) is 0.308. The Hall–Kier alpha value is -1.52. The first-order valence-electron chi connectivity index (χ1n) is 12.8. The van der Waals surface area contributed by atoms with Crippen LogP contribution in [0.5, 0.6) is 11.8 Å². The maximum atomic E-state index is 10.7. The Labute approximate surface area is 183 Å². The molecule has 5 nitrogen and oxygen atoms in total. The van der Waals surface area contributed by atoms with Gasteiger partial charge in [0.15, 0.2) is 11.6 Å². The van der Waals surface area contributed by atoms with E-state index in [0.717, 1.165) is 50.9 Å². The van der Waals surface area contributed by atoms with Crippen LogP contribution in [0.4, 0.5) is 5.82 Å². The van der Waals surface area contributed by atoms with Crippen LogP contribution in [0.2, 0.25) is 0 Å². The van der Waals surface area contributed by atoms with Crippen LogP contribution in [-0.2, 0) is 6.42 Å². The zero-order chi connectivity index (χ0) is 21.0. The Morgan fingerprint density at radius 3 is 1.93 bits per heavy atom. The molecule has 0 radical (unpaired) electrons. The zero-order valence-electron chi connectivity index (χ0n) is 19.2. The van der Waals surface area contributed by atoms with Crippen molar-refractivity contribution >= 4 is 5.82 Å². The van der Waals surface area contributed by atoms with E-state index in [4.69, 9.17) is 4.74 Å². The zero-order valence-corrected chi connectivity index (χ0v) is 19.2. The highest BCUT2D eigenvalue weighted by molar-refractivity contribution is 5.56. The van der Waals surface area contributed by atoms with Crippen molar-refractivity contribution < 1.29 is 9.84 Å². The molecule has 2 heterocycles. The maximum Gasteiger partial charge on any atom is 0.319 e. The summed E-state index contributed by atoms with van der Waals surface area (Å²) < 4.78 is 5.96. The van der Waals surface area contributed by atoms with Gasteiger partial charge in [-0.15, -0.1) is 0 Å². The number of nitrogens with zero attached hydrogens (tertiary/aromatic N) is 3. The molecule has 1 aliphatic carbocycles. The third kappa shape index (κ3) is 7.31. The van der Waals surface area contributed by atoms with Gasteiger partial charge >= 0.3 is 6.01 Å². The molecule has 0 unspecified atom stereocenters. The van der Waals surface area contributed by atoms with Crippen LogP contribution in [0.15, 0.2) is 0 Å². The van der Waals surface area contributed by atoms with Gasteiger partial charge in [-0.25, -0.2) is 0 Å². The summed E-state index contributed by atoms with van der Waals surface area (Å²) >= 11 is 0. The third-order valence-electron chi connectivity index (χ3n) is 6.66. The lowest BCUT2D eigenvalue weighted by Gasteiger charge is -2.33. The minimum absolute atomic E-state index is 0.262. The van der Waals surface area contributed by atoms with E-state index in [1.165, 1.54) is 77.0 Å². The topological polar surface area (TPSA) is 58.5 Å². The fourth-order valence-corrected chi connectivity index (χ4v) is 4.21. The number of aryl methyl sites for hydroxylation is 1. The van der Waals surface area contributed by atoms with Crippen LogP contribution in [-0.4, -0.2) is 34.3 Å². The summed E-state index contributed by atoms with van der Waals surface area (Å²) in [7, 11) is 0. The molecule has 1 aromatic rings. The molecule has 1 saturated heterocycles. The molecule has 1 N–H and O–H groups in total. The molecule has 1 aliphatic heterocycles. The van der Waals surface area contributed by atoms with Crippen LogP contribution in [0, 0.1) is 0 Å². The van der Waals surface area contributed by atoms with E-state index in [2.05, 4.69) is 21.8 Å². The molecule has 2 fully saturated rings. The smallest absolute Gasteiger partial charge is 0.319 e. The van der Waals surface area contributed by atoms with Crippen molar-refractivity contribution in [2.24, 2.45) is 0 Å². The van der Waals surface area contributed by atoms with Gasteiger partial charge < -0.3 is 14.7 Å². The summed E-state index contributed by atoms with van der Waals surface area (Å²) in [6, 6.07) is 0.466. The summed E-state index contributed by atoms with van der Waals surface area (Å²) in [5, 5.41) is 10.7. The predicted molar refractivity (Wildman–Crippen MR) is 124 cm³/mol. The molecule has 0 aromatic carbocycles. The van der Waals surface area contributed by atoms with Gasteiger partial charge in [-0.3, -0.25) is 0 Å². The number of unbranched alkanes of at least 4 members (excludes halogenated alkanes) is 11. The molecular weight excluding hydrogens is 374 g/mol. The van der Waals surface area contributed by atoms with E-state index in [1.54, 1.807) is 0 Å². The van der Waals surface area contributed by atoms with Crippen LogP contribution in [0.3, 0.4) is 0 Å². The highest BCUT2D eigenvalue weighted by atomic mass is 16.5. The lowest BCUT2D eigenvalue weighted by Crippen LogP contribution is -2.38. The summed E-state index contributed by atoms with van der Waals surface area (Å²) in [5.41, 5.74) is 0.772. The molecule has 30 heavy (non-hydrogen) atoms. The van der Waals surface area contributed by atoms with Crippen molar-refractivity contribution in [2.45, 2.75) is 122 Å². The van der Waals surface area contributed by atoms with E-state index >= 15 is 0 Å². The fraction of sp³-hybridized carbons (Fsp3) is 0.840. The second-order valence-corrected chi connectivity index (χ2v) is 9.28. The fourth-order valence-electron chi connectivity index (χ4n) is 4.21. The average molecular weight is 418 g/mol. The van der Waals surface area contributed by atoms with Gasteiger partial charge in [-0.1, -0.05) is 77.6 Å². The summed E-state index contributed by atoms with van der Waals surface area (Å²) in [6.45, 7) is 4.20. The first kappa shape index (κ1) is 23.1. The number of hydrogen-bond donors (Lipinski definition) is 1. The average Bonchev–Trinajstić information content (AvgIpc) is 2.67. The van der Waals surface area contributed by atoms with Crippen molar-refractivity contribution in [3.63, 3.8) is 0 Å². The SMILES string of the molecule is CCCCCCCCCCCCCCc1nc(OC2CCC2)nc(N2CCC2)c1O. The van der Waals surface area contributed by atoms with Crippen molar-refractivity contribution in [1.29, 1.82) is 0 Å². The Morgan fingerprint density at radius 2 is 1.43 bits per heavy atom. The van der Waals surface area contributed by atoms with Gasteiger partial charge in [0.1, 0.15) is 6.10 Å². The lowest BCUT2D eigenvalue weighted by molar-refractivity contribution is 0.108. The number of anilines is 1. The largest absolute Gasteiger partial charge is 0.503 e. The molecule has 0 bridgehead atoms. The van der Waals surface area contributed by atoms with Crippen molar-refractivity contribution in [2.75, 3.05) is 18.0 Å². The summed E-state index contributed by atoms with van der Waals surface area (Å²) in [4.78, 5) is 11.2. The highest BCUT2D eigenvalue weighted by Gasteiger charge is 2.26. The number of aromatic nitrogens is 2.